The summed E-state index contributed by atoms with van der Waals surface area (Å²) < 4.78 is 33.2. The molecular weight excluding hydrogens is 492 g/mol. The molecular formula is C29H28O9. The van der Waals surface area contributed by atoms with Crippen molar-refractivity contribution in [1.29, 1.82) is 0 Å². The second kappa shape index (κ2) is 9.66. The molecule has 0 saturated heterocycles. The minimum Gasteiger partial charge on any atom is -0.497 e. The highest BCUT2D eigenvalue weighted by Gasteiger charge is 2.82. The summed E-state index contributed by atoms with van der Waals surface area (Å²) in [6.45, 7) is -0.0412. The van der Waals surface area contributed by atoms with Crippen molar-refractivity contribution in [1.82, 2.24) is 0 Å². The first-order chi connectivity index (χ1) is 18.4. The molecule has 9 heteroatoms. The van der Waals surface area contributed by atoms with Gasteiger partial charge in [0.05, 0.1) is 21.3 Å². The zero-order chi connectivity index (χ0) is 27.1. The number of hydrogen-bond donors (Lipinski definition) is 1. The third kappa shape index (κ3) is 3.46. The molecule has 4 atom stereocenters. The summed E-state index contributed by atoms with van der Waals surface area (Å²) in [6, 6.07) is 19.0. The molecule has 38 heavy (non-hydrogen) atoms. The third-order valence-corrected chi connectivity index (χ3v) is 7.37. The Labute approximate surface area is 219 Å². The largest absolute Gasteiger partial charge is 0.497 e. The number of carbonyl (C=O) groups is 2. The normalized spacial score (nSPS) is 25.2. The number of ether oxygens (including phenoxy) is 6. The first kappa shape index (κ1) is 25.6. The van der Waals surface area contributed by atoms with Crippen LogP contribution in [0.5, 0.6) is 23.0 Å². The molecule has 1 heterocycles. The molecule has 1 aliphatic heterocycles. The monoisotopic (exact) mass is 520 g/mol. The van der Waals surface area contributed by atoms with E-state index >= 15 is 0 Å². The number of esters is 1. The Hall–Kier alpha value is -4.08. The molecule has 0 bridgehead atoms. The lowest BCUT2D eigenvalue weighted by Crippen LogP contribution is -2.80. The first-order valence-electron chi connectivity index (χ1n) is 11.9. The van der Waals surface area contributed by atoms with E-state index in [9.17, 15) is 14.7 Å². The zero-order valence-corrected chi connectivity index (χ0v) is 21.4. The van der Waals surface area contributed by atoms with E-state index in [1.54, 1.807) is 30.3 Å². The summed E-state index contributed by atoms with van der Waals surface area (Å²) in [6.07, 6.45) is 0. The van der Waals surface area contributed by atoms with E-state index in [4.69, 9.17) is 28.4 Å². The fourth-order valence-electron chi connectivity index (χ4n) is 5.72. The van der Waals surface area contributed by atoms with Gasteiger partial charge < -0.3 is 33.5 Å². The van der Waals surface area contributed by atoms with E-state index < -0.39 is 34.8 Å². The molecule has 0 aromatic heterocycles. The lowest BCUT2D eigenvalue weighted by Gasteiger charge is -2.65. The zero-order valence-electron chi connectivity index (χ0n) is 21.4. The molecule has 3 aromatic carbocycles. The van der Waals surface area contributed by atoms with Crippen molar-refractivity contribution in [2.45, 2.75) is 17.1 Å². The maximum atomic E-state index is 14.3. The average Bonchev–Trinajstić information content (AvgIpc) is 2.95. The van der Waals surface area contributed by atoms with Crippen molar-refractivity contribution in [3.8, 4) is 23.0 Å². The van der Waals surface area contributed by atoms with Crippen molar-refractivity contribution in [3.63, 3.8) is 0 Å². The van der Waals surface area contributed by atoms with Crippen LogP contribution in [0.3, 0.4) is 0 Å². The highest BCUT2D eigenvalue weighted by Crippen LogP contribution is 2.69. The quantitative estimate of drug-likeness (QED) is 0.353. The average molecular weight is 521 g/mol. The number of rotatable bonds is 8. The van der Waals surface area contributed by atoms with E-state index in [0.717, 1.165) is 0 Å². The van der Waals surface area contributed by atoms with Crippen LogP contribution in [0.4, 0.5) is 0 Å². The van der Waals surface area contributed by atoms with Crippen LogP contribution in [0, 0.1) is 5.92 Å². The topological polar surface area (TPSA) is 110 Å². The van der Waals surface area contributed by atoms with Crippen LogP contribution < -0.4 is 18.9 Å². The Bertz CT molecular complexity index is 1350. The maximum absolute atomic E-state index is 14.3. The number of benzene rings is 3. The Morgan fingerprint density at radius 1 is 0.947 bits per heavy atom. The van der Waals surface area contributed by atoms with Gasteiger partial charge in [-0.15, -0.1) is 0 Å². The van der Waals surface area contributed by atoms with E-state index in [2.05, 4.69) is 0 Å². The molecule has 9 nitrogen and oxygen atoms in total. The minimum absolute atomic E-state index is 0.00400. The summed E-state index contributed by atoms with van der Waals surface area (Å²) in [4.78, 5) is 27.5. The van der Waals surface area contributed by atoms with Gasteiger partial charge in [-0.1, -0.05) is 42.5 Å². The standard InChI is InChI=1S/C29H28O9/c1-33-16-37-20-14-21(35-3)23-22(15-20)38-29(18-10-12-19(34-2)13-11-18)24(17-8-6-5-7-9-17)25(27(31)36-4)28(29,32)26(23)30/h5-15,24-25,32H,16H2,1-4H3. The molecule has 1 fully saturated rings. The molecule has 0 amide bonds. The fourth-order valence-corrected chi connectivity index (χ4v) is 5.72. The lowest BCUT2D eigenvalue weighted by atomic mass is 9.44. The molecule has 3 aromatic rings. The Morgan fingerprint density at radius 2 is 1.66 bits per heavy atom. The highest BCUT2D eigenvalue weighted by atomic mass is 16.7. The van der Waals surface area contributed by atoms with Gasteiger partial charge in [0.15, 0.2) is 18.0 Å². The molecule has 0 spiro atoms. The number of aliphatic hydroxyl groups is 1. The van der Waals surface area contributed by atoms with Crippen LogP contribution >= 0.6 is 0 Å². The van der Waals surface area contributed by atoms with Gasteiger partial charge in [-0.25, -0.2) is 0 Å². The third-order valence-electron chi connectivity index (χ3n) is 7.37. The molecule has 2 aliphatic rings. The summed E-state index contributed by atoms with van der Waals surface area (Å²) in [5.74, 6) is -2.29. The number of carbonyl (C=O) groups excluding carboxylic acids is 2. The van der Waals surface area contributed by atoms with Crippen LogP contribution in [0.25, 0.3) is 0 Å². The first-order valence-corrected chi connectivity index (χ1v) is 11.9. The maximum Gasteiger partial charge on any atom is 0.313 e. The Kier molecular flexibility index (Phi) is 6.50. The van der Waals surface area contributed by atoms with Crippen molar-refractivity contribution in [2.75, 3.05) is 35.2 Å². The number of ketones is 1. The number of hydrogen-bond acceptors (Lipinski definition) is 9. The van der Waals surface area contributed by atoms with Crippen LogP contribution in [-0.2, 0) is 19.9 Å². The smallest absolute Gasteiger partial charge is 0.313 e. The van der Waals surface area contributed by atoms with E-state index in [-0.39, 0.29) is 23.9 Å². The summed E-state index contributed by atoms with van der Waals surface area (Å²) >= 11 is 0. The summed E-state index contributed by atoms with van der Waals surface area (Å²) in [5, 5.41) is 12.4. The molecule has 4 unspecified atom stereocenters. The van der Waals surface area contributed by atoms with Crippen LogP contribution in [0.1, 0.15) is 27.4 Å². The number of fused-ring (bicyclic) bond motifs is 2. The van der Waals surface area contributed by atoms with Gasteiger partial charge >= 0.3 is 5.97 Å². The van der Waals surface area contributed by atoms with Gasteiger partial charge in [-0.2, -0.15) is 0 Å². The van der Waals surface area contributed by atoms with Crippen LogP contribution in [0.2, 0.25) is 0 Å². The predicted molar refractivity (Wildman–Crippen MR) is 135 cm³/mol. The van der Waals surface area contributed by atoms with E-state index in [0.29, 0.717) is 22.6 Å². The molecule has 198 valence electrons. The van der Waals surface area contributed by atoms with Gasteiger partial charge in [0.2, 0.25) is 5.78 Å². The van der Waals surface area contributed by atoms with Crippen LogP contribution in [-0.4, -0.2) is 57.7 Å². The fraction of sp³-hybridized carbons (Fsp3) is 0.310. The van der Waals surface area contributed by atoms with Crippen molar-refractivity contribution in [3.05, 3.63) is 83.4 Å². The van der Waals surface area contributed by atoms with Gasteiger partial charge in [-0.05, 0) is 23.3 Å². The predicted octanol–water partition coefficient (Wildman–Crippen LogP) is 3.47. The SMILES string of the molecule is COCOc1cc(OC)c2c(c1)OC1(c3ccc(OC)cc3)C(c3ccccc3)C(C(=O)OC)C1(O)C2=O. The summed E-state index contributed by atoms with van der Waals surface area (Å²) in [5.41, 5.74) is -2.82. The molecule has 1 saturated carbocycles. The Balaban J connectivity index is 1.80. The van der Waals surface area contributed by atoms with Gasteiger partial charge in [0, 0.05) is 25.2 Å². The van der Waals surface area contributed by atoms with Gasteiger partial charge in [0.1, 0.15) is 34.5 Å². The lowest BCUT2D eigenvalue weighted by molar-refractivity contribution is -0.251. The molecule has 5 rings (SSSR count). The van der Waals surface area contributed by atoms with Gasteiger partial charge in [-0.3, -0.25) is 9.59 Å². The summed E-state index contributed by atoms with van der Waals surface area (Å²) in [7, 11) is 5.64. The Morgan fingerprint density at radius 3 is 2.26 bits per heavy atom. The van der Waals surface area contributed by atoms with Crippen molar-refractivity contribution in [2.24, 2.45) is 5.92 Å². The second-order valence-corrected chi connectivity index (χ2v) is 9.10. The van der Waals surface area contributed by atoms with E-state index in [1.165, 1.54) is 34.5 Å². The number of methoxy groups -OCH3 is 4. The molecule has 0 radical (unpaired) electrons. The van der Waals surface area contributed by atoms with Crippen molar-refractivity contribution < 1.29 is 43.1 Å². The second-order valence-electron chi connectivity index (χ2n) is 9.10. The van der Waals surface area contributed by atoms with Crippen molar-refractivity contribution >= 4 is 11.8 Å². The molecule has 1 aliphatic carbocycles. The highest BCUT2D eigenvalue weighted by molar-refractivity contribution is 6.13. The minimum atomic E-state index is -2.32. The van der Waals surface area contributed by atoms with Crippen LogP contribution in [0.15, 0.2) is 66.7 Å². The van der Waals surface area contributed by atoms with Gasteiger partial charge in [0.25, 0.3) is 0 Å². The number of Topliss-reactive ketones (excluding diaryl/α,β-unsaturated/α-hetero) is 1. The molecule has 1 N–H and O–H groups in total. The van der Waals surface area contributed by atoms with E-state index in [1.807, 2.05) is 30.3 Å².